The van der Waals surface area contributed by atoms with Gasteiger partial charge in [0.2, 0.25) is 0 Å². The van der Waals surface area contributed by atoms with E-state index < -0.39 is 11.6 Å². The third-order valence-electron chi connectivity index (χ3n) is 7.66. The third-order valence-corrected chi connectivity index (χ3v) is 7.66. The molecule has 0 atom stereocenters. The van der Waals surface area contributed by atoms with Crippen molar-refractivity contribution in [1.82, 2.24) is 5.32 Å². The Morgan fingerprint density at radius 2 is 1.31 bits per heavy atom. The van der Waals surface area contributed by atoms with Crippen LogP contribution in [0.25, 0.3) is 0 Å². The monoisotopic (exact) mass is 610 g/mol. The number of methoxy groups -OCH3 is 2. The topological polar surface area (TPSA) is 109 Å². The molecule has 0 aliphatic carbocycles. The van der Waals surface area contributed by atoms with Crippen LogP contribution in [-0.2, 0) is 26.5 Å². The quantitative estimate of drug-likeness (QED) is 0.0633. The molecule has 0 bridgehead atoms. The molecule has 1 amide bonds. The number of nitrogen functional groups attached to an aromatic ring is 1. The zero-order chi connectivity index (χ0) is 32.1. The van der Waals surface area contributed by atoms with Crippen molar-refractivity contribution < 1.29 is 28.5 Å². The summed E-state index contributed by atoms with van der Waals surface area (Å²) in [5.41, 5.74) is 9.59. The van der Waals surface area contributed by atoms with E-state index in [-0.39, 0.29) is 12.5 Å². The maximum Gasteiger partial charge on any atom is 0.302 e. The summed E-state index contributed by atoms with van der Waals surface area (Å²) in [5, 5.41) is 2.97. The van der Waals surface area contributed by atoms with Crippen LogP contribution in [-0.4, -0.2) is 39.2 Å². The molecule has 4 aromatic carbocycles. The Hall–Kier alpha value is -4.82. The molecule has 0 radical (unpaired) electrons. The summed E-state index contributed by atoms with van der Waals surface area (Å²) in [4.78, 5) is 24.1. The van der Waals surface area contributed by atoms with Gasteiger partial charge in [0.1, 0.15) is 23.7 Å². The summed E-state index contributed by atoms with van der Waals surface area (Å²) in [7, 11) is 3.32. The van der Waals surface area contributed by atoms with Crippen LogP contribution in [0.15, 0.2) is 97.1 Å². The number of hydrogen-bond acceptors (Lipinski definition) is 7. The molecule has 0 aliphatic heterocycles. The predicted octanol–water partition coefficient (Wildman–Crippen LogP) is 6.65. The molecule has 0 aliphatic rings. The number of carbonyl (C=O) groups is 2. The fraction of sp³-hybridized carbons (Fsp3) is 0.297. The Bertz CT molecular complexity index is 1470. The second-order valence-corrected chi connectivity index (χ2v) is 10.7. The van der Waals surface area contributed by atoms with Gasteiger partial charge in [-0.3, -0.25) is 9.59 Å². The van der Waals surface area contributed by atoms with Crippen LogP contribution in [0.5, 0.6) is 11.5 Å². The Morgan fingerprint density at radius 1 is 0.733 bits per heavy atom. The minimum absolute atomic E-state index is 0.0237. The highest BCUT2D eigenvalue weighted by atomic mass is 16.5. The molecule has 0 spiro atoms. The highest BCUT2D eigenvalue weighted by Gasteiger charge is 2.37. The number of nitrogens with one attached hydrogen (secondary N) is 1. The zero-order valence-corrected chi connectivity index (χ0v) is 26.2. The van der Waals surface area contributed by atoms with E-state index in [1.165, 1.54) is 6.92 Å². The molecule has 8 nitrogen and oxygen atoms in total. The number of ether oxygens (including phenoxy) is 4. The van der Waals surface area contributed by atoms with Crippen LogP contribution in [0.1, 0.15) is 65.2 Å². The second kappa shape index (κ2) is 16.3. The standard InChI is InChI=1S/C37H42N2O6/c1-27(40)44-26-28-13-18-32(38)25-35(28)36(41)39-23-9-4-5-10-24-45-37(29-11-7-6-8-12-29,30-14-19-33(42-2)20-15-30)31-16-21-34(43-3)22-17-31/h6-8,11-22,25H,4-5,9-10,23-24,26,38H2,1-3H3,(H,39,41). The van der Waals surface area contributed by atoms with E-state index in [2.05, 4.69) is 41.7 Å². The molecule has 8 heteroatoms. The number of benzene rings is 4. The van der Waals surface area contributed by atoms with Crippen LogP contribution in [0.3, 0.4) is 0 Å². The van der Waals surface area contributed by atoms with Gasteiger partial charge in [0.05, 0.1) is 14.2 Å². The Morgan fingerprint density at radius 3 is 1.89 bits per heavy atom. The first-order chi connectivity index (χ1) is 21.9. The smallest absolute Gasteiger partial charge is 0.302 e. The highest BCUT2D eigenvalue weighted by Crippen LogP contribution is 2.41. The largest absolute Gasteiger partial charge is 0.497 e. The summed E-state index contributed by atoms with van der Waals surface area (Å²) < 4.78 is 22.9. The van der Waals surface area contributed by atoms with Crippen molar-refractivity contribution in [3.8, 4) is 11.5 Å². The summed E-state index contributed by atoms with van der Waals surface area (Å²) in [6.07, 6.45) is 3.51. The van der Waals surface area contributed by atoms with Crippen LogP contribution in [0.4, 0.5) is 5.69 Å². The van der Waals surface area contributed by atoms with Gasteiger partial charge in [0.15, 0.2) is 0 Å². The van der Waals surface area contributed by atoms with Crippen LogP contribution in [0, 0.1) is 0 Å². The highest BCUT2D eigenvalue weighted by molar-refractivity contribution is 5.96. The molecule has 4 rings (SSSR count). The first-order valence-electron chi connectivity index (χ1n) is 15.2. The second-order valence-electron chi connectivity index (χ2n) is 10.7. The van der Waals surface area contributed by atoms with Crippen molar-refractivity contribution >= 4 is 17.6 Å². The molecule has 0 aromatic heterocycles. The SMILES string of the molecule is COc1ccc(C(OCCCCCCNC(=O)c2cc(N)ccc2COC(C)=O)(c2ccccc2)c2ccc(OC)cc2)cc1. The predicted molar refractivity (Wildman–Crippen MR) is 175 cm³/mol. The number of unbranched alkanes of at least 4 members (excludes halogenated alkanes) is 3. The van der Waals surface area contributed by atoms with Crippen LogP contribution < -0.4 is 20.5 Å². The van der Waals surface area contributed by atoms with Gasteiger partial charge in [-0.05, 0) is 65.9 Å². The lowest BCUT2D eigenvalue weighted by Crippen LogP contribution is -2.33. The van der Waals surface area contributed by atoms with Crippen LogP contribution >= 0.6 is 0 Å². The molecule has 0 fully saturated rings. The fourth-order valence-electron chi connectivity index (χ4n) is 5.29. The fourth-order valence-corrected chi connectivity index (χ4v) is 5.29. The van der Waals surface area contributed by atoms with E-state index in [4.69, 9.17) is 24.7 Å². The molecule has 4 aromatic rings. The molecule has 0 saturated carbocycles. The van der Waals surface area contributed by atoms with Crippen molar-refractivity contribution in [1.29, 1.82) is 0 Å². The van der Waals surface area contributed by atoms with Crippen molar-refractivity contribution in [2.24, 2.45) is 0 Å². The lowest BCUT2D eigenvalue weighted by Gasteiger charge is -2.36. The zero-order valence-electron chi connectivity index (χ0n) is 26.2. The van der Waals surface area contributed by atoms with Crippen molar-refractivity contribution in [3.05, 3.63) is 125 Å². The average Bonchev–Trinajstić information content (AvgIpc) is 3.07. The average molecular weight is 611 g/mol. The van der Waals surface area contributed by atoms with Gasteiger partial charge in [0, 0.05) is 36.9 Å². The van der Waals surface area contributed by atoms with E-state index in [0.29, 0.717) is 30.0 Å². The molecule has 0 unspecified atom stereocenters. The maximum atomic E-state index is 12.8. The minimum Gasteiger partial charge on any atom is -0.497 e. The van der Waals surface area contributed by atoms with E-state index in [1.807, 2.05) is 42.5 Å². The number of nitrogens with two attached hydrogens (primary N) is 1. The number of hydrogen-bond donors (Lipinski definition) is 2. The van der Waals surface area contributed by atoms with Gasteiger partial charge in [-0.25, -0.2) is 0 Å². The Labute approximate surface area is 265 Å². The molecule has 236 valence electrons. The Balaban J connectivity index is 1.39. The molecular formula is C37H42N2O6. The number of carbonyl (C=O) groups excluding carboxylic acids is 2. The summed E-state index contributed by atoms with van der Waals surface area (Å²) in [6, 6.07) is 31.3. The summed E-state index contributed by atoms with van der Waals surface area (Å²) in [6.45, 7) is 2.41. The molecule has 3 N–H and O–H groups in total. The number of anilines is 1. The van der Waals surface area contributed by atoms with E-state index >= 15 is 0 Å². The van der Waals surface area contributed by atoms with Crippen molar-refractivity contribution in [3.63, 3.8) is 0 Å². The molecule has 45 heavy (non-hydrogen) atoms. The van der Waals surface area contributed by atoms with Crippen molar-refractivity contribution in [2.75, 3.05) is 33.1 Å². The number of rotatable bonds is 16. The van der Waals surface area contributed by atoms with Gasteiger partial charge in [-0.1, -0.05) is 73.5 Å². The van der Waals surface area contributed by atoms with Crippen molar-refractivity contribution in [2.45, 2.75) is 44.8 Å². The van der Waals surface area contributed by atoms with Gasteiger partial charge in [-0.2, -0.15) is 0 Å². The third kappa shape index (κ3) is 8.64. The molecule has 0 saturated heterocycles. The van der Waals surface area contributed by atoms with E-state index in [1.54, 1.807) is 32.4 Å². The van der Waals surface area contributed by atoms with Gasteiger partial charge in [0.25, 0.3) is 5.91 Å². The van der Waals surface area contributed by atoms with Crippen LogP contribution in [0.2, 0.25) is 0 Å². The van der Waals surface area contributed by atoms with E-state index in [0.717, 1.165) is 53.9 Å². The first-order valence-corrected chi connectivity index (χ1v) is 15.2. The summed E-state index contributed by atoms with van der Waals surface area (Å²) in [5.74, 6) is 0.911. The minimum atomic E-state index is -0.838. The number of esters is 1. The first kappa shape index (κ1) is 33.1. The Kier molecular flexibility index (Phi) is 12.0. The number of amides is 1. The summed E-state index contributed by atoms with van der Waals surface area (Å²) >= 11 is 0. The van der Waals surface area contributed by atoms with E-state index in [9.17, 15) is 9.59 Å². The molecule has 0 heterocycles. The molecular weight excluding hydrogens is 568 g/mol. The lowest BCUT2D eigenvalue weighted by atomic mass is 9.80. The van der Waals surface area contributed by atoms with Gasteiger partial charge >= 0.3 is 5.97 Å². The normalized spacial score (nSPS) is 11.1. The van der Waals surface area contributed by atoms with Gasteiger partial charge in [-0.15, -0.1) is 0 Å². The van der Waals surface area contributed by atoms with Gasteiger partial charge < -0.3 is 30.0 Å². The maximum absolute atomic E-state index is 12.8. The lowest BCUT2D eigenvalue weighted by molar-refractivity contribution is -0.142.